The Bertz CT molecular complexity index is 1170. The molecule has 1 aliphatic carbocycles. The van der Waals surface area contributed by atoms with E-state index in [1.165, 1.54) is 30.5 Å². The van der Waals surface area contributed by atoms with Crippen molar-refractivity contribution in [2.75, 3.05) is 13.7 Å². The summed E-state index contributed by atoms with van der Waals surface area (Å²) < 4.78 is 19.0. The smallest absolute Gasteiger partial charge is 0.193 e. The summed E-state index contributed by atoms with van der Waals surface area (Å²) in [6, 6.07) is 8.28. The molecular formula is C28H33FN4O3. The summed E-state index contributed by atoms with van der Waals surface area (Å²) in [5.74, 6) is -0.778. The number of nitrogens with one attached hydrogen (secondary N) is 3. The summed E-state index contributed by atoms with van der Waals surface area (Å²) in [4.78, 5) is 18.4. The zero-order chi connectivity index (χ0) is 26.2. The number of aliphatic hydroxyl groups excluding tert-OH is 1. The first-order valence-corrected chi connectivity index (χ1v) is 11.8. The molecule has 0 bridgehead atoms. The van der Waals surface area contributed by atoms with Crippen molar-refractivity contribution < 1.29 is 19.0 Å². The Morgan fingerprint density at radius 3 is 2.58 bits per heavy atom. The van der Waals surface area contributed by atoms with E-state index in [9.17, 15) is 14.3 Å². The van der Waals surface area contributed by atoms with Gasteiger partial charge in [-0.05, 0) is 68.8 Å². The summed E-state index contributed by atoms with van der Waals surface area (Å²) >= 11 is 0. The molecule has 0 spiro atoms. The highest BCUT2D eigenvalue weighted by molar-refractivity contribution is 6.28. The minimum Gasteiger partial charge on any atom is -0.392 e. The number of hydrogen-bond donors (Lipinski definition) is 4. The molecule has 0 amide bonds. The van der Waals surface area contributed by atoms with Gasteiger partial charge in [0, 0.05) is 54.5 Å². The fraction of sp³-hybridized carbons (Fsp3) is 0.321. The first kappa shape index (κ1) is 27.0. The lowest BCUT2D eigenvalue weighted by Gasteiger charge is -2.26. The van der Waals surface area contributed by atoms with E-state index in [0.29, 0.717) is 23.2 Å². The first-order chi connectivity index (χ1) is 17.2. The van der Waals surface area contributed by atoms with Crippen LogP contribution in [0.25, 0.3) is 0 Å². The Hall–Kier alpha value is -3.62. The number of hydrogen-bond acceptors (Lipinski definition) is 7. The van der Waals surface area contributed by atoms with Crippen LogP contribution >= 0.6 is 0 Å². The van der Waals surface area contributed by atoms with E-state index >= 15 is 0 Å². The molecule has 8 heteroatoms. The van der Waals surface area contributed by atoms with Crippen LogP contribution in [0, 0.1) is 18.2 Å². The van der Waals surface area contributed by atoms with E-state index in [4.69, 9.17) is 10.1 Å². The Morgan fingerprint density at radius 2 is 2.00 bits per heavy atom. The number of aryl methyl sites for hydroxylation is 1. The Labute approximate surface area is 211 Å². The lowest BCUT2D eigenvalue weighted by Crippen LogP contribution is -2.34. The summed E-state index contributed by atoms with van der Waals surface area (Å²) in [5, 5.41) is 24.9. The number of methoxy groups -OCH3 is 1. The van der Waals surface area contributed by atoms with Crippen molar-refractivity contribution in [1.29, 1.82) is 5.41 Å². The minimum absolute atomic E-state index is 0.0276. The van der Waals surface area contributed by atoms with Gasteiger partial charge in [0.15, 0.2) is 5.78 Å². The predicted octanol–water partition coefficient (Wildman–Crippen LogP) is 3.90. The van der Waals surface area contributed by atoms with Gasteiger partial charge >= 0.3 is 0 Å². The highest BCUT2D eigenvalue weighted by Crippen LogP contribution is 2.25. The van der Waals surface area contributed by atoms with E-state index in [1.54, 1.807) is 19.4 Å². The number of Topliss-reactive ketones (excluding diaryl/α,β-unsaturated/α-hetero) is 1. The van der Waals surface area contributed by atoms with Crippen LogP contribution < -0.4 is 10.6 Å². The van der Waals surface area contributed by atoms with Crippen LogP contribution in [-0.2, 0) is 9.53 Å². The van der Waals surface area contributed by atoms with Gasteiger partial charge in [0.2, 0.25) is 0 Å². The quantitative estimate of drug-likeness (QED) is 0.280. The van der Waals surface area contributed by atoms with Gasteiger partial charge in [-0.3, -0.25) is 15.2 Å². The maximum Gasteiger partial charge on any atom is 0.193 e. The normalized spacial score (nSPS) is 16.8. The van der Waals surface area contributed by atoms with Gasteiger partial charge in [-0.15, -0.1) is 0 Å². The van der Waals surface area contributed by atoms with Crippen LogP contribution in [0.4, 0.5) is 4.39 Å². The van der Waals surface area contributed by atoms with Crippen LogP contribution in [0.1, 0.15) is 43.1 Å². The van der Waals surface area contributed by atoms with Crippen LogP contribution in [0.15, 0.2) is 77.8 Å². The molecule has 2 unspecified atom stereocenters. The molecule has 2 aromatic rings. The minimum atomic E-state index is -0.878. The van der Waals surface area contributed by atoms with Gasteiger partial charge in [0.05, 0.1) is 24.0 Å². The number of rotatable bonds is 11. The van der Waals surface area contributed by atoms with Crippen molar-refractivity contribution in [3.63, 3.8) is 0 Å². The number of allylic oxidation sites excluding steroid dienone is 1. The second-order valence-electron chi connectivity index (χ2n) is 9.00. The van der Waals surface area contributed by atoms with Gasteiger partial charge in [-0.2, -0.15) is 0 Å². The number of ketones is 1. The number of halogens is 1. The Balaban J connectivity index is 2.05. The second kappa shape index (κ2) is 12.4. The lowest BCUT2D eigenvalue weighted by atomic mass is 9.92. The number of pyridine rings is 1. The highest BCUT2D eigenvalue weighted by Gasteiger charge is 2.29. The van der Waals surface area contributed by atoms with Crippen LogP contribution in [0.5, 0.6) is 0 Å². The molecule has 4 N–H and O–H groups in total. The van der Waals surface area contributed by atoms with E-state index in [2.05, 4.69) is 15.6 Å². The maximum absolute atomic E-state index is 14.1. The molecule has 1 heterocycles. The molecule has 0 saturated carbocycles. The Kier molecular flexibility index (Phi) is 9.27. The molecule has 0 radical (unpaired) electrons. The number of aliphatic hydroxyl groups is 1. The zero-order valence-electron chi connectivity index (χ0n) is 21.0. The topological polar surface area (TPSA) is 107 Å². The molecule has 36 heavy (non-hydrogen) atoms. The summed E-state index contributed by atoms with van der Waals surface area (Å²) in [6.45, 7) is 5.60. The molecule has 7 nitrogen and oxygen atoms in total. The molecule has 1 aliphatic rings. The monoisotopic (exact) mass is 492 g/mol. The number of carbonyl (C=O) groups excluding carboxylic acids is 1. The molecule has 1 aromatic carbocycles. The fourth-order valence-corrected chi connectivity index (χ4v) is 3.76. The average Bonchev–Trinajstić information content (AvgIpc) is 2.87. The number of benzene rings is 1. The average molecular weight is 493 g/mol. The first-order valence-electron chi connectivity index (χ1n) is 11.8. The molecule has 190 valence electrons. The molecular weight excluding hydrogens is 459 g/mol. The molecule has 1 aromatic heterocycles. The third-order valence-electron chi connectivity index (χ3n) is 5.76. The van der Waals surface area contributed by atoms with Crippen molar-refractivity contribution in [1.82, 2.24) is 15.6 Å². The van der Waals surface area contributed by atoms with Crippen LogP contribution in [0.2, 0.25) is 0 Å². The lowest BCUT2D eigenvalue weighted by molar-refractivity contribution is -0.117. The van der Waals surface area contributed by atoms with Gasteiger partial charge in [-0.25, -0.2) is 4.39 Å². The fourth-order valence-electron chi connectivity index (χ4n) is 3.76. The predicted molar refractivity (Wildman–Crippen MR) is 138 cm³/mol. The van der Waals surface area contributed by atoms with Crippen LogP contribution in [0.3, 0.4) is 0 Å². The molecule has 0 aliphatic heterocycles. The third kappa shape index (κ3) is 6.96. The zero-order valence-corrected chi connectivity index (χ0v) is 21.0. The SMILES string of the molecule is COC1C=C(NC(C(=O)/C(=C/NC(C)C)C(=N)c2ccc(F)cc2)c2ccc(C)nc2)C=C(CO)C1. The third-order valence-corrected chi connectivity index (χ3v) is 5.76. The van der Waals surface area contributed by atoms with Gasteiger partial charge in [0.1, 0.15) is 11.9 Å². The van der Waals surface area contributed by atoms with Crippen molar-refractivity contribution in [2.45, 2.75) is 45.4 Å². The van der Waals surface area contributed by atoms with Crippen molar-refractivity contribution in [2.24, 2.45) is 0 Å². The number of nitrogens with zero attached hydrogens (tertiary/aromatic N) is 1. The molecule has 0 fully saturated rings. The molecule has 3 rings (SSSR count). The molecule has 0 saturated heterocycles. The van der Waals surface area contributed by atoms with Crippen LogP contribution in [-0.4, -0.2) is 47.4 Å². The summed E-state index contributed by atoms with van der Waals surface area (Å²) in [7, 11) is 1.59. The van der Waals surface area contributed by atoms with E-state index < -0.39 is 11.9 Å². The summed E-state index contributed by atoms with van der Waals surface area (Å²) in [6.07, 6.45) is 7.15. The van der Waals surface area contributed by atoms with E-state index in [-0.39, 0.29) is 35.8 Å². The number of carbonyl (C=O) groups is 1. The van der Waals surface area contributed by atoms with Gasteiger partial charge in [-0.1, -0.05) is 6.07 Å². The largest absolute Gasteiger partial charge is 0.392 e. The standard InChI is InChI=1S/C28H33FN4O3/c1-17(2)31-15-25(26(30)20-7-9-22(29)10-8-20)28(35)27(21-6-5-18(3)32-14-21)33-23-11-19(16-34)12-24(13-23)36-4/h5-11,13-15,17,24,27,30-31,33-34H,12,16H2,1-4H3/b25-15+,30-26?. The second-order valence-corrected chi connectivity index (χ2v) is 9.00. The van der Waals surface area contributed by atoms with E-state index in [0.717, 1.165) is 11.3 Å². The van der Waals surface area contributed by atoms with Gasteiger partial charge in [0.25, 0.3) is 0 Å². The molecule has 2 atom stereocenters. The van der Waals surface area contributed by atoms with Crippen molar-refractivity contribution in [3.8, 4) is 0 Å². The number of ether oxygens (including phenoxy) is 1. The van der Waals surface area contributed by atoms with Crippen molar-refractivity contribution in [3.05, 3.63) is 100 Å². The maximum atomic E-state index is 14.1. The van der Waals surface area contributed by atoms with Crippen molar-refractivity contribution >= 4 is 11.5 Å². The Morgan fingerprint density at radius 1 is 1.28 bits per heavy atom. The number of aromatic nitrogens is 1. The van der Waals surface area contributed by atoms with E-state index in [1.807, 2.05) is 39.0 Å². The highest BCUT2D eigenvalue weighted by atomic mass is 19.1. The summed E-state index contributed by atoms with van der Waals surface area (Å²) in [5.41, 5.74) is 3.35. The van der Waals surface area contributed by atoms with Gasteiger partial charge < -0.3 is 20.5 Å².